The van der Waals surface area contributed by atoms with Crippen LogP contribution in [0.5, 0.6) is 0 Å². The van der Waals surface area contributed by atoms with Gasteiger partial charge in [-0.15, -0.1) is 0 Å². The molecular weight excluding hydrogens is 302 g/mol. The number of carbonyl (C=O) groups excluding carboxylic acids is 1. The maximum absolute atomic E-state index is 11.5. The first kappa shape index (κ1) is 18.0. The monoisotopic (exact) mass is 329 g/mol. The second-order valence-corrected chi connectivity index (χ2v) is 6.80. The van der Waals surface area contributed by atoms with Crippen LogP contribution in [0.15, 0.2) is 36.5 Å². The van der Waals surface area contributed by atoms with Gasteiger partial charge in [-0.1, -0.05) is 18.2 Å². The van der Waals surface area contributed by atoms with Crippen molar-refractivity contribution in [1.29, 1.82) is 0 Å². The lowest BCUT2D eigenvalue weighted by Gasteiger charge is -2.19. The van der Waals surface area contributed by atoms with Crippen LogP contribution in [0.25, 0.3) is 10.9 Å². The standard InChI is InChI=1S/C19H27N3O2/c1-19(2,3)24-18(23)22-13-6-4-5-12-20-16-11-7-9-15-10-8-14-21-17(15)16/h7-11,14,20H,4-6,12-13H2,1-3H3,(H,22,23). The summed E-state index contributed by atoms with van der Waals surface area (Å²) in [7, 11) is 0. The minimum atomic E-state index is -0.444. The van der Waals surface area contributed by atoms with Gasteiger partial charge in [-0.2, -0.15) is 0 Å². The normalized spacial score (nSPS) is 11.3. The van der Waals surface area contributed by atoms with E-state index in [2.05, 4.69) is 33.8 Å². The molecule has 5 nitrogen and oxygen atoms in total. The first-order valence-electron chi connectivity index (χ1n) is 8.50. The molecule has 0 fully saturated rings. The number of hydrogen-bond donors (Lipinski definition) is 2. The number of ether oxygens (including phenoxy) is 1. The van der Waals surface area contributed by atoms with E-state index in [9.17, 15) is 4.79 Å². The van der Waals surface area contributed by atoms with Crippen molar-refractivity contribution in [2.75, 3.05) is 18.4 Å². The number of anilines is 1. The SMILES string of the molecule is CC(C)(C)OC(=O)NCCCCCNc1cccc2cccnc12. The minimum absolute atomic E-state index is 0.345. The molecule has 130 valence electrons. The van der Waals surface area contributed by atoms with Gasteiger partial charge in [0, 0.05) is 24.7 Å². The Hall–Kier alpha value is -2.30. The molecule has 0 radical (unpaired) electrons. The largest absolute Gasteiger partial charge is 0.444 e. The van der Waals surface area contributed by atoms with E-state index in [1.807, 2.05) is 39.1 Å². The summed E-state index contributed by atoms with van der Waals surface area (Å²) in [6.45, 7) is 7.12. The molecule has 1 amide bonds. The predicted octanol–water partition coefficient (Wildman–Crippen LogP) is 4.34. The molecule has 5 heteroatoms. The molecule has 0 spiro atoms. The molecule has 2 N–H and O–H groups in total. The van der Waals surface area contributed by atoms with Crippen LogP contribution in [-0.4, -0.2) is 29.8 Å². The Morgan fingerprint density at radius 2 is 1.83 bits per heavy atom. The zero-order valence-electron chi connectivity index (χ0n) is 14.8. The third-order valence-electron chi connectivity index (χ3n) is 3.47. The molecule has 0 aliphatic rings. The third kappa shape index (κ3) is 6.07. The molecule has 0 saturated heterocycles. The van der Waals surface area contributed by atoms with E-state index in [4.69, 9.17) is 4.74 Å². The van der Waals surface area contributed by atoms with Gasteiger partial charge in [-0.05, 0) is 52.2 Å². The summed E-state index contributed by atoms with van der Waals surface area (Å²) >= 11 is 0. The second-order valence-electron chi connectivity index (χ2n) is 6.80. The molecule has 0 bridgehead atoms. The van der Waals surface area contributed by atoms with Crippen LogP contribution in [0.2, 0.25) is 0 Å². The van der Waals surface area contributed by atoms with Crippen molar-refractivity contribution >= 4 is 22.7 Å². The molecule has 0 atom stereocenters. The van der Waals surface area contributed by atoms with Crippen molar-refractivity contribution in [3.05, 3.63) is 36.5 Å². The summed E-state index contributed by atoms with van der Waals surface area (Å²) in [5.41, 5.74) is 1.63. The zero-order valence-corrected chi connectivity index (χ0v) is 14.8. The predicted molar refractivity (Wildman–Crippen MR) is 98.3 cm³/mol. The molecule has 1 aromatic heterocycles. The van der Waals surface area contributed by atoms with Gasteiger partial charge in [-0.3, -0.25) is 4.98 Å². The second kappa shape index (κ2) is 8.52. The van der Waals surface area contributed by atoms with Gasteiger partial charge in [0.05, 0.1) is 11.2 Å². The van der Waals surface area contributed by atoms with E-state index < -0.39 is 5.60 Å². The number of amides is 1. The third-order valence-corrected chi connectivity index (χ3v) is 3.47. The fraction of sp³-hybridized carbons (Fsp3) is 0.474. The number of aromatic nitrogens is 1. The number of fused-ring (bicyclic) bond motifs is 1. The Balaban J connectivity index is 1.62. The first-order chi connectivity index (χ1) is 11.5. The molecule has 2 aromatic rings. The Kier molecular flexibility index (Phi) is 6.41. The van der Waals surface area contributed by atoms with E-state index in [1.54, 1.807) is 0 Å². The first-order valence-corrected chi connectivity index (χ1v) is 8.50. The summed E-state index contributed by atoms with van der Waals surface area (Å²) in [6.07, 6.45) is 4.49. The number of benzene rings is 1. The number of rotatable bonds is 7. The Bertz CT molecular complexity index is 660. The van der Waals surface area contributed by atoms with Crippen molar-refractivity contribution in [3.8, 4) is 0 Å². The van der Waals surface area contributed by atoms with Crippen LogP contribution in [0.1, 0.15) is 40.0 Å². The van der Waals surface area contributed by atoms with Crippen LogP contribution in [0, 0.1) is 0 Å². The minimum Gasteiger partial charge on any atom is -0.444 e. The highest BCUT2D eigenvalue weighted by molar-refractivity contribution is 5.90. The molecule has 1 aromatic carbocycles. The lowest BCUT2D eigenvalue weighted by atomic mass is 10.2. The molecule has 0 saturated carbocycles. The highest BCUT2D eigenvalue weighted by atomic mass is 16.6. The van der Waals surface area contributed by atoms with E-state index in [-0.39, 0.29) is 6.09 Å². The average molecular weight is 329 g/mol. The molecule has 0 aliphatic heterocycles. The molecule has 24 heavy (non-hydrogen) atoms. The summed E-state index contributed by atoms with van der Waals surface area (Å²) in [6, 6.07) is 10.2. The van der Waals surface area contributed by atoms with E-state index >= 15 is 0 Å². The van der Waals surface area contributed by atoms with Gasteiger partial charge >= 0.3 is 6.09 Å². The van der Waals surface area contributed by atoms with Gasteiger partial charge < -0.3 is 15.4 Å². The van der Waals surface area contributed by atoms with Crippen LogP contribution < -0.4 is 10.6 Å². The smallest absolute Gasteiger partial charge is 0.407 e. The molecule has 2 rings (SSSR count). The van der Waals surface area contributed by atoms with Crippen LogP contribution in [-0.2, 0) is 4.74 Å². The van der Waals surface area contributed by atoms with Gasteiger partial charge in [0.1, 0.15) is 5.60 Å². The fourth-order valence-electron chi connectivity index (χ4n) is 2.40. The maximum Gasteiger partial charge on any atom is 0.407 e. The fourth-order valence-corrected chi connectivity index (χ4v) is 2.40. The van der Waals surface area contributed by atoms with Crippen LogP contribution in [0.3, 0.4) is 0 Å². The van der Waals surface area contributed by atoms with E-state index in [1.165, 1.54) is 0 Å². The number of nitrogens with one attached hydrogen (secondary N) is 2. The zero-order chi connectivity index (χ0) is 17.4. The number of alkyl carbamates (subject to hydrolysis) is 1. The van der Waals surface area contributed by atoms with Gasteiger partial charge in [0.15, 0.2) is 0 Å². The highest BCUT2D eigenvalue weighted by Crippen LogP contribution is 2.20. The molecule has 0 aliphatic carbocycles. The summed E-state index contributed by atoms with van der Waals surface area (Å²) < 4.78 is 5.19. The Morgan fingerprint density at radius 1 is 1.08 bits per heavy atom. The highest BCUT2D eigenvalue weighted by Gasteiger charge is 2.15. The van der Waals surface area contributed by atoms with Gasteiger partial charge in [0.25, 0.3) is 0 Å². The lowest BCUT2D eigenvalue weighted by Crippen LogP contribution is -2.33. The van der Waals surface area contributed by atoms with Crippen molar-refractivity contribution in [1.82, 2.24) is 10.3 Å². The number of unbranched alkanes of at least 4 members (excludes halogenated alkanes) is 2. The number of nitrogens with zero attached hydrogens (tertiary/aromatic N) is 1. The summed E-state index contributed by atoms with van der Waals surface area (Å²) in [5, 5.41) is 7.37. The number of pyridine rings is 1. The number of carbonyl (C=O) groups is 1. The van der Waals surface area contributed by atoms with Gasteiger partial charge in [0.2, 0.25) is 0 Å². The van der Waals surface area contributed by atoms with Crippen molar-refractivity contribution in [2.24, 2.45) is 0 Å². The lowest BCUT2D eigenvalue weighted by molar-refractivity contribution is 0.0527. The van der Waals surface area contributed by atoms with Crippen molar-refractivity contribution in [3.63, 3.8) is 0 Å². The molecule has 0 unspecified atom stereocenters. The maximum atomic E-state index is 11.5. The molecule has 1 heterocycles. The number of para-hydroxylation sites is 1. The Morgan fingerprint density at radius 3 is 2.62 bits per heavy atom. The molecular formula is C19H27N3O2. The van der Waals surface area contributed by atoms with Crippen LogP contribution in [0.4, 0.5) is 10.5 Å². The Labute approximate surface area is 143 Å². The van der Waals surface area contributed by atoms with Crippen molar-refractivity contribution < 1.29 is 9.53 Å². The number of hydrogen-bond acceptors (Lipinski definition) is 4. The average Bonchev–Trinajstić information content (AvgIpc) is 2.52. The topological polar surface area (TPSA) is 63.2 Å². The van der Waals surface area contributed by atoms with E-state index in [0.717, 1.165) is 42.4 Å². The van der Waals surface area contributed by atoms with Crippen molar-refractivity contribution in [2.45, 2.75) is 45.6 Å². The van der Waals surface area contributed by atoms with E-state index in [0.29, 0.717) is 6.54 Å². The van der Waals surface area contributed by atoms with Gasteiger partial charge in [-0.25, -0.2) is 4.79 Å². The summed E-state index contributed by atoms with van der Waals surface area (Å²) in [4.78, 5) is 15.9. The quantitative estimate of drug-likeness (QED) is 0.742. The van der Waals surface area contributed by atoms with Crippen LogP contribution >= 0.6 is 0 Å². The summed E-state index contributed by atoms with van der Waals surface area (Å²) in [5.74, 6) is 0.